The van der Waals surface area contributed by atoms with Gasteiger partial charge in [-0.25, -0.2) is 17.9 Å². The minimum absolute atomic E-state index is 0.0334. The van der Waals surface area contributed by atoms with Crippen LogP contribution in [0.3, 0.4) is 0 Å². The molecule has 0 spiro atoms. The molecule has 3 aliphatic heterocycles. The second-order valence-electron chi connectivity index (χ2n) is 11.7. The van der Waals surface area contributed by atoms with Crippen LogP contribution in [-0.4, -0.2) is 95.4 Å². The van der Waals surface area contributed by atoms with E-state index in [4.69, 9.17) is 28.4 Å². The van der Waals surface area contributed by atoms with Crippen LogP contribution in [-0.2, 0) is 38.4 Å². The Morgan fingerprint density at radius 1 is 1.02 bits per heavy atom. The summed E-state index contributed by atoms with van der Waals surface area (Å²) >= 11 is 0. The molecule has 1 unspecified atom stereocenters. The summed E-state index contributed by atoms with van der Waals surface area (Å²) in [5, 5.41) is 0. The number of nitrogens with one attached hydrogen (secondary N) is 1. The first kappa shape index (κ1) is 33.1. The zero-order valence-electron chi connectivity index (χ0n) is 25.2. The van der Waals surface area contributed by atoms with Gasteiger partial charge in [-0.2, -0.15) is 0 Å². The molecule has 1 N–H and O–H groups in total. The van der Waals surface area contributed by atoms with Crippen molar-refractivity contribution in [3.05, 3.63) is 30.3 Å². The van der Waals surface area contributed by atoms with Gasteiger partial charge in [0.25, 0.3) is 10.0 Å². The average Bonchev–Trinajstić information content (AvgIpc) is 3.44. The van der Waals surface area contributed by atoms with Crippen LogP contribution >= 0.6 is 0 Å². The van der Waals surface area contributed by atoms with Gasteiger partial charge in [-0.15, -0.1) is 0 Å². The van der Waals surface area contributed by atoms with Crippen LogP contribution in [0.25, 0.3) is 0 Å². The zero-order valence-corrected chi connectivity index (χ0v) is 26.0. The number of carbonyl (C=O) groups excluding carboxylic acids is 1. The summed E-state index contributed by atoms with van der Waals surface area (Å²) in [6.07, 6.45) is 5.00. The minimum Gasteiger partial charge on any atom is -0.441 e. The van der Waals surface area contributed by atoms with Crippen molar-refractivity contribution in [3.63, 3.8) is 0 Å². The van der Waals surface area contributed by atoms with Crippen molar-refractivity contribution < 1.29 is 41.6 Å². The summed E-state index contributed by atoms with van der Waals surface area (Å²) in [5.74, 6) is -0.845. The molecule has 0 radical (unpaired) electrons. The van der Waals surface area contributed by atoms with Crippen LogP contribution in [0.4, 0.5) is 4.79 Å². The summed E-state index contributed by atoms with van der Waals surface area (Å²) in [6.45, 7) is 9.08. The average molecular weight is 613 g/mol. The Morgan fingerprint density at radius 3 is 2.38 bits per heavy atom. The van der Waals surface area contributed by atoms with Crippen LogP contribution in [0.5, 0.6) is 0 Å². The maximum atomic E-state index is 13.0. The molecule has 3 aliphatic rings. The van der Waals surface area contributed by atoms with Crippen LogP contribution in [0.1, 0.15) is 72.1 Å². The lowest BCUT2D eigenvalue weighted by Gasteiger charge is -2.35. The van der Waals surface area contributed by atoms with E-state index >= 15 is 0 Å². The molecule has 11 nitrogen and oxygen atoms in total. The first-order valence-electron chi connectivity index (χ1n) is 15.4. The number of rotatable bonds is 16. The molecule has 1 aromatic carbocycles. The second kappa shape index (κ2) is 15.8. The van der Waals surface area contributed by atoms with Crippen LogP contribution < -0.4 is 4.72 Å². The van der Waals surface area contributed by atoms with Crippen molar-refractivity contribution >= 4 is 16.1 Å². The van der Waals surface area contributed by atoms with Crippen molar-refractivity contribution in [2.24, 2.45) is 0 Å². The van der Waals surface area contributed by atoms with Crippen LogP contribution in [0, 0.1) is 0 Å². The number of sulfonamides is 1. The summed E-state index contributed by atoms with van der Waals surface area (Å²) in [4.78, 5) is 15.1. The fourth-order valence-corrected chi connectivity index (χ4v) is 6.53. The van der Waals surface area contributed by atoms with Gasteiger partial charge in [0.05, 0.1) is 18.1 Å². The van der Waals surface area contributed by atoms with Gasteiger partial charge in [0.1, 0.15) is 24.4 Å². The fraction of sp³-hybridized carbons (Fsp3) is 0.767. The molecule has 42 heavy (non-hydrogen) atoms. The number of benzene rings is 1. The summed E-state index contributed by atoms with van der Waals surface area (Å²) in [5.41, 5.74) is 0. The number of hydrogen-bond donors (Lipinski definition) is 1. The van der Waals surface area contributed by atoms with Crippen LogP contribution in [0.2, 0.25) is 0 Å². The van der Waals surface area contributed by atoms with Gasteiger partial charge in [0.15, 0.2) is 12.1 Å². The molecule has 3 fully saturated rings. The number of amides is 1. The Balaban J connectivity index is 1.42. The van der Waals surface area contributed by atoms with E-state index < -0.39 is 52.6 Å². The van der Waals surface area contributed by atoms with Crippen molar-refractivity contribution in [3.8, 4) is 0 Å². The van der Waals surface area contributed by atoms with Gasteiger partial charge in [0, 0.05) is 26.2 Å². The Kier molecular flexibility index (Phi) is 12.4. The first-order valence-corrected chi connectivity index (χ1v) is 16.9. The Hall–Kier alpha value is -1.80. The van der Waals surface area contributed by atoms with E-state index in [-0.39, 0.29) is 4.90 Å². The van der Waals surface area contributed by atoms with Gasteiger partial charge >= 0.3 is 6.09 Å². The van der Waals surface area contributed by atoms with E-state index in [0.717, 1.165) is 19.3 Å². The van der Waals surface area contributed by atoms with E-state index in [2.05, 4.69) is 11.8 Å². The van der Waals surface area contributed by atoms with E-state index in [1.165, 1.54) is 44.2 Å². The summed E-state index contributed by atoms with van der Waals surface area (Å²) in [7, 11) is -4.12. The molecule has 0 saturated carbocycles. The molecule has 1 aromatic rings. The number of nitrogens with zero attached hydrogens (tertiary/aromatic N) is 1. The van der Waals surface area contributed by atoms with Crippen molar-refractivity contribution in [2.75, 3.05) is 39.5 Å². The molecule has 12 heteroatoms. The topological polar surface area (TPSA) is 122 Å². The molecule has 3 heterocycles. The van der Waals surface area contributed by atoms with Gasteiger partial charge < -0.3 is 28.4 Å². The van der Waals surface area contributed by atoms with Crippen molar-refractivity contribution in [2.45, 2.75) is 114 Å². The molecular weight excluding hydrogens is 564 g/mol. The standard InChI is InChI=1S/C30H48N2O9S/c1-4-5-6-7-8-9-10-14-19-37-26-25(39-28-27(26)40-30(2,3)41-28)24(22-32-17-20-36-21-18-32)38-29(33)31-42(34,35)23-15-12-11-13-16-23/h11-13,15-16,24-28H,4-10,14,17-22H2,1-3H3,(H,31,33)/t24?,25-,26+,27-,28-/m1/s1. The first-order chi connectivity index (χ1) is 20.2. The molecule has 0 bridgehead atoms. The highest BCUT2D eigenvalue weighted by molar-refractivity contribution is 7.90. The molecule has 1 amide bonds. The fourth-order valence-electron chi connectivity index (χ4n) is 5.62. The highest BCUT2D eigenvalue weighted by Gasteiger charge is 2.58. The van der Waals surface area contributed by atoms with Gasteiger partial charge in [0.2, 0.25) is 0 Å². The van der Waals surface area contributed by atoms with Gasteiger partial charge in [-0.1, -0.05) is 70.1 Å². The number of ether oxygens (including phenoxy) is 6. The van der Waals surface area contributed by atoms with E-state index in [1.807, 2.05) is 18.6 Å². The Bertz CT molecular complexity index is 1070. The monoisotopic (exact) mass is 612 g/mol. The molecule has 0 aromatic heterocycles. The number of morpholine rings is 1. The normalized spacial score (nSPS) is 26.5. The number of hydrogen-bond acceptors (Lipinski definition) is 10. The van der Waals surface area contributed by atoms with Crippen molar-refractivity contribution in [1.82, 2.24) is 9.62 Å². The van der Waals surface area contributed by atoms with Gasteiger partial charge in [-0.05, 0) is 32.4 Å². The number of carbonyl (C=O) groups is 1. The maximum Gasteiger partial charge on any atom is 0.421 e. The van der Waals surface area contributed by atoms with Gasteiger partial charge in [-0.3, -0.25) is 4.90 Å². The molecule has 5 atom stereocenters. The third-order valence-corrected chi connectivity index (χ3v) is 9.10. The predicted octanol–water partition coefficient (Wildman–Crippen LogP) is 4.20. The molecular formula is C30H48N2O9S. The second-order valence-corrected chi connectivity index (χ2v) is 13.3. The third kappa shape index (κ3) is 9.60. The summed E-state index contributed by atoms with van der Waals surface area (Å²) in [6, 6.07) is 7.69. The molecule has 3 saturated heterocycles. The minimum atomic E-state index is -4.12. The van der Waals surface area contributed by atoms with E-state index in [9.17, 15) is 13.2 Å². The van der Waals surface area contributed by atoms with E-state index in [1.54, 1.807) is 18.2 Å². The van der Waals surface area contributed by atoms with Crippen LogP contribution in [0.15, 0.2) is 35.2 Å². The van der Waals surface area contributed by atoms with Crippen molar-refractivity contribution in [1.29, 1.82) is 0 Å². The Morgan fingerprint density at radius 2 is 1.69 bits per heavy atom. The lowest BCUT2D eigenvalue weighted by Crippen LogP contribution is -2.52. The quantitative estimate of drug-likeness (QED) is 0.272. The summed E-state index contributed by atoms with van der Waals surface area (Å²) < 4.78 is 63.8. The maximum absolute atomic E-state index is 13.0. The lowest BCUT2D eigenvalue weighted by atomic mass is 10.0. The highest BCUT2D eigenvalue weighted by Crippen LogP contribution is 2.40. The smallest absolute Gasteiger partial charge is 0.421 e. The number of unbranched alkanes of at least 4 members (excludes halogenated alkanes) is 7. The van der Waals surface area contributed by atoms with E-state index in [0.29, 0.717) is 39.5 Å². The highest BCUT2D eigenvalue weighted by atomic mass is 32.2. The third-order valence-electron chi connectivity index (χ3n) is 7.77. The molecule has 4 rings (SSSR count). The predicted molar refractivity (Wildman–Crippen MR) is 155 cm³/mol. The lowest BCUT2D eigenvalue weighted by molar-refractivity contribution is -0.230. The number of fused-ring (bicyclic) bond motifs is 1. The SMILES string of the molecule is CCCCCCCCCCO[C@@H]1[C@H]2OC(C)(C)O[C@H]2O[C@@H]1C(CN1CCOCC1)OC(=O)NS(=O)(=O)c1ccccc1. The largest absolute Gasteiger partial charge is 0.441 e. The molecule has 238 valence electrons. The Labute approximate surface area is 250 Å². The molecule has 0 aliphatic carbocycles. The zero-order chi connectivity index (χ0) is 30.0.